The van der Waals surface area contributed by atoms with Crippen LogP contribution in [0.3, 0.4) is 0 Å². The minimum absolute atomic E-state index is 0.707. The van der Waals surface area contributed by atoms with Crippen LogP contribution < -0.4 is 5.32 Å². The van der Waals surface area contributed by atoms with Gasteiger partial charge >= 0.3 is 0 Å². The summed E-state index contributed by atoms with van der Waals surface area (Å²) in [4.78, 5) is 7.40. The molecule has 2 heterocycles. The maximum absolute atomic E-state index is 4.78. The molecule has 2 unspecified atom stereocenters. The third kappa shape index (κ3) is 3.60. The summed E-state index contributed by atoms with van der Waals surface area (Å²) in [5.41, 5.74) is 1.27. The van der Waals surface area contributed by atoms with Gasteiger partial charge in [-0.3, -0.25) is 4.90 Å². The van der Waals surface area contributed by atoms with E-state index in [1.165, 1.54) is 43.1 Å². The van der Waals surface area contributed by atoms with Crippen LogP contribution in [0.2, 0.25) is 0 Å². The predicted molar refractivity (Wildman–Crippen MR) is 84.8 cm³/mol. The first-order valence-corrected chi connectivity index (χ1v) is 8.95. The molecule has 1 aliphatic carbocycles. The molecule has 20 heavy (non-hydrogen) atoms. The van der Waals surface area contributed by atoms with Crippen molar-refractivity contribution >= 4 is 11.3 Å². The summed E-state index contributed by atoms with van der Waals surface area (Å²) in [6.07, 6.45) is 4.39. The first kappa shape index (κ1) is 14.5. The average Bonchev–Trinajstić information content (AvgIpc) is 3.05. The largest absolute Gasteiger partial charge is 0.310 e. The third-order valence-corrected chi connectivity index (χ3v) is 5.51. The molecule has 0 radical (unpaired) electrons. The summed E-state index contributed by atoms with van der Waals surface area (Å²) in [5.74, 6) is 2.68. The van der Waals surface area contributed by atoms with Crippen LogP contribution in [-0.4, -0.2) is 29.5 Å². The lowest BCUT2D eigenvalue weighted by Gasteiger charge is -2.14. The summed E-state index contributed by atoms with van der Waals surface area (Å²) in [6, 6.07) is 0. The maximum atomic E-state index is 4.78. The molecular formula is C16H27N3S. The fourth-order valence-corrected chi connectivity index (χ4v) is 4.42. The van der Waals surface area contributed by atoms with E-state index in [0.717, 1.165) is 31.5 Å². The average molecular weight is 293 g/mol. The molecule has 0 spiro atoms. The topological polar surface area (TPSA) is 28.2 Å². The van der Waals surface area contributed by atoms with Crippen LogP contribution in [0.15, 0.2) is 5.38 Å². The molecule has 2 fully saturated rings. The van der Waals surface area contributed by atoms with Crippen molar-refractivity contribution in [3.05, 3.63) is 16.1 Å². The van der Waals surface area contributed by atoms with Crippen molar-refractivity contribution in [2.24, 2.45) is 17.8 Å². The molecule has 1 saturated heterocycles. The van der Waals surface area contributed by atoms with Gasteiger partial charge in [-0.2, -0.15) is 0 Å². The lowest BCUT2D eigenvalue weighted by molar-refractivity contribution is 0.300. The normalized spacial score (nSPS) is 26.6. The molecule has 1 aromatic rings. The van der Waals surface area contributed by atoms with Crippen molar-refractivity contribution in [3.63, 3.8) is 0 Å². The first-order chi connectivity index (χ1) is 9.70. The molecule has 1 aliphatic heterocycles. The highest BCUT2D eigenvalue weighted by Gasteiger charge is 2.35. The molecular weight excluding hydrogens is 266 g/mol. The van der Waals surface area contributed by atoms with Gasteiger partial charge in [-0.25, -0.2) is 4.98 Å². The van der Waals surface area contributed by atoms with Gasteiger partial charge in [0.25, 0.3) is 0 Å². The standard InChI is InChI=1S/C16H27N3S/c1-12(2)6-17-7-16-18-15(11-20-16)10-19-8-13-4-3-5-14(13)9-19/h11-14,17H,3-10H2,1-2H3. The lowest BCUT2D eigenvalue weighted by Crippen LogP contribution is -2.21. The molecule has 1 saturated carbocycles. The Labute approximate surface area is 126 Å². The van der Waals surface area contributed by atoms with Crippen LogP contribution in [0.4, 0.5) is 0 Å². The third-order valence-electron chi connectivity index (χ3n) is 4.62. The zero-order valence-electron chi connectivity index (χ0n) is 12.8. The predicted octanol–water partition coefficient (Wildman–Crippen LogP) is 3.12. The number of hydrogen-bond acceptors (Lipinski definition) is 4. The van der Waals surface area contributed by atoms with Crippen molar-refractivity contribution < 1.29 is 0 Å². The van der Waals surface area contributed by atoms with Gasteiger partial charge in [0.05, 0.1) is 5.69 Å². The Morgan fingerprint density at radius 2 is 2.10 bits per heavy atom. The van der Waals surface area contributed by atoms with Gasteiger partial charge in [0.1, 0.15) is 5.01 Å². The highest BCUT2D eigenvalue weighted by atomic mass is 32.1. The Morgan fingerprint density at radius 1 is 1.35 bits per heavy atom. The number of likely N-dealkylation sites (tertiary alicyclic amines) is 1. The van der Waals surface area contributed by atoms with E-state index in [9.17, 15) is 0 Å². The van der Waals surface area contributed by atoms with Crippen LogP contribution in [0, 0.1) is 17.8 Å². The first-order valence-electron chi connectivity index (χ1n) is 8.07. The highest BCUT2D eigenvalue weighted by Crippen LogP contribution is 2.38. The fraction of sp³-hybridized carbons (Fsp3) is 0.812. The minimum atomic E-state index is 0.707. The van der Waals surface area contributed by atoms with Crippen LogP contribution in [0.25, 0.3) is 0 Å². The fourth-order valence-electron chi connectivity index (χ4n) is 3.66. The van der Waals surface area contributed by atoms with Gasteiger partial charge in [-0.05, 0) is 37.1 Å². The summed E-state index contributed by atoms with van der Waals surface area (Å²) in [6.45, 7) is 10.2. The Bertz CT molecular complexity index is 417. The van der Waals surface area contributed by atoms with Crippen molar-refractivity contribution in [3.8, 4) is 0 Å². The van der Waals surface area contributed by atoms with E-state index in [1.807, 2.05) is 0 Å². The van der Waals surface area contributed by atoms with E-state index >= 15 is 0 Å². The summed E-state index contributed by atoms with van der Waals surface area (Å²) in [5, 5.41) is 6.96. The second-order valence-electron chi connectivity index (χ2n) is 6.90. The van der Waals surface area contributed by atoms with Gasteiger partial charge in [-0.15, -0.1) is 11.3 Å². The summed E-state index contributed by atoms with van der Waals surface area (Å²) >= 11 is 1.81. The molecule has 0 bridgehead atoms. The van der Waals surface area contributed by atoms with E-state index in [2.05, 4.69) is 29.4 Å². The van der Waals surface area contributed by atoms with E-state index < -0.39 is 0 Å². The SMILES string of the molecule is CC(C)CNCc1nc(CN2CC3CCCC3C2)cs1. The molecule has 0 aromatic carbocycles. The maximum Gasteiger partial charge on any atom is 0.107 e. The molecule has 1 N–H and O–H groups in total. The second kappa shape index (κ2) is 6.54. The van der Waals surface area contributed by atoms with E-state index in [0.29, 0.717) is 5.92 Å². The van der Waals surface area contributed by atoms with Gasteiger partial charge in [0, 0.05) is 31.6 Å². The smallest absolute Gasteiger partial charge is 0.107 e. The molecule has 3 rings (SSSR count). The number of nitrogens with zero attached hydrogens (tertiary/aromatic N) is 2. The van der Waals surface area contributed by atoms with Gasteiger partial charge in [-0.1, -0.05) is 20.3 Å². The van der Waals surface area contributed by atoms with Gasteiger partial charge < -0.3 is 5.32 Å². The van der Waals surface area contributed by atoms with Crippen LogP contribution in [0.5, 0.6) is 0 Å². The molecule has 2 aliphatic rings. The minimum Gasteiger partial charge on any atom is -0.310 e. The number of hydrogen-bond donors (Lipinski definition) is 1. The molecule has 112 valence electrons. The number of rotatable bonds is 6. The van der Waals surface area contributed by atoms with Crippen LogP contribution >= 0.6 is 11.3 Å². The van der Waals surface area contributed by atoms with E-state index in [4.69, 9.17) is 4.98 Å². The number of nitrogens with one attached hydrogen (secondary N) is 1. The Morgan fingerprint density at radius 3 is 2.80 bits per heavy atom. The van der Waals surface area contributed by atoms with Gasteiger partial charge in [0.2, 0.25) is 0 Å². The Hall–Kier alpha value is -0.450. The molecule has 2 atom stereocenters. The van der Waals surface area contributed by atoms with E-state index in [1.54, 1.807) is 11.3 Å². The zero-order valence-corrected chi connectivity index (χ0v) is 13.6. The van der Waals surface area contributed by atoms with Crippen LogP contribution in [-0.2, 0) is 13.1 Å². The second-order valence-corrected chi connectivity index (χ2v) is 7.85. The monoisotopic (exact) mass is 293 g/mol. The highest BCUT2D eigenvalue weighted by molar-refractivity contribution is 7.09. The number of aromatic nitrogens is 1. The molecule has 0 amide bonds. The number of fused-ring (bicyclic) bond motifs is 1. The lowest BCUT2D eigenvalue weighted by atomic mass is 10.0. The van der Waals surface area contributed by atoms with Crippen molar-refractivity contribution in [1.29, 1.82) is 0 Å². The summed E-state index contributed by atoms with van der Waals surface area (Å²) in [7, 11) is 0. The zero-order chi connectivity index (χ0) is 13.9. The Kier molecular flexibility index (Phi) is 4.74. The van der Waals surface area contributed by atoms with E-state index in [-0.39, 0.29) is 0 Å². The van der Waals surface area contributed by atoms with Crippen molar-refractivity contribution in [2.75, 3.05) is 19.6 Å². The van der Waals surface area contributed by atoms with Gasteiger partial charge in [0.15, 0.2) is 0 Å². The summed E-state index contributed by atoms with van der Waals surface area (Å²) < 4.78 is 0. The molecule has 1 aromatic heterocycles. The molecule has 4 heteroatoms. The van der Waals surface area contributed by atoms with Crippen molar-refractivity contribution in [1.82, 2.24) is 15.2 Å². The Balaban J connectivity index is 1.45. The van der Waals surface area contributed by atoms with Crippen molar-refractivity contribution in [2.45, 2.75) is 46.2 Å². The van der Waals surface area contributed by atoms with Crippen LogP contribution in [0.1, 0.15) is 43.8 Å². The quantitative estimate of drug-likeness (QED) is 0.873. The molecule has 3 nitrogen and oxygen atoms in total. The number of thiazole rings is 1.